The van der Waals surface area contributed by atoms with Crippen LogP contribution in [0.2, 0.25) is 0 Å². The van der Waals surface area contributed by atoms with Crippen molar-refractivity contribution in [1.82, 2.24) is 14.5 Å². The molecule has 0 unspecified atom stereocenters. The number of carbonyl (C=O) groups is 1. The van der Waals surface area contributed by atoms with Crippen molar-refractivity contribution < 1.29 is 14.3 Å². The fourth-order valence-corrected chi connectivity index (χ4v) is 3.65. The third kappa shape index (κ3) is 4.00. The molecule has 0 N–H and O–H groups in total. The van der Waals surface area contributed by atoms with Gasteiger partial charge in [-0.1, -0.05) is 6.07 Å². The van der Waals surface area contributed by atoms with E-state index in [2.05, 4.69) is 25.9 Å². The molecule has 3 aromatic rings. The number of carbonyl (C=O) groups excluding carboxylic acids is 1. The third-order valence-electron chi connectivity index (χ3n) is 4.06. The van der Waals surface area contributed by atoms with Gasteiger partial charge in [0.2, 0.25) is 5.88 Å². The van der Waals surface area contributed by atoms with Crippen molar-refractivity contribution >= 4 is 33.2 Å². The normalized spacial score (nSPS) is 10.8. The molecule has 0 bridgehead atoms. The zero-order valence-corrected chi connectivity index (χ0v) is 18.2. The third-order valence-corrected chi connectivity index (χ3v) is 5.56. The number of thiazole rings is 1. The number of benzene rings is 1. The number of ether oxygens (including phenoxy) is 2. The summed E-state index contributed by atoms with van der Waals surface area (Å²) >= 11 is 4.83. The SMILES string of the molecule is COC(=O)c1ccc(C)c(-n2c(C)nc(OCc3csc(C)n3)c(Br)c2=O)c1. The number of aryl methyl sites for hydroxylation is 3. The number of methoxy groups -OCH3 is 1. The molecule has 9 heteroatoms. The van der Waals surface area contributed by atoms with Crippen molar-refractivity contribution in [2.45, 2.75) is 27.4 Å². The van der Waals surface area contributed by atoms with Crippen molar-refractivity contribution in [3.8, 4) is 11.6 Å². The van der Waals surface area contributed by atoms with Gasteiger partial charge in [-0.15, -0.1) is 11.3 Å². The number of rotatable bonds is 5. The lowest BCUT2D eigenvalue weighted by molar-refractivity contribution is 0.0600. The molecule has 0 aliphatic heterocycles. The van der Waals surface area contributed by atoms with Crippen LogP contribution in [0, 0.1) is 20.8 Å². The van der Waals surface area contributed by atoms with Crippen LogP contribution in [-0.4, -0.2) is 27.6 Å². The molecule has 2 aromatic heterocycles. The molecule has 2 heterocycles. The minimum Gasteiger partial charge on any atom is -0.470 e. The van der Waals surface area contributed by atoms with E-state index in [0.29, 0.717) is 17.1 Å². The molecule has 28 heavy (non-hydrogen) atoms. The second kappa shape index (κ2) is 8.24. The van der Waals surface area contributed by atoms with Gasteiger partial charge >= 0.3 is 5.97 Å². The predicted octanol–water partition coefficient (Wildman–Crippen LogP) is 3.74. The van der Waals surface area contributed by atoms with E-state index >= 15 is 0 Å². The van der Waals surface area contributed by atoms with Crippen molar-refractivity contribution in [2.24, 2.45) is 0 Å². The van der Waals surface area contributed by atoms with Crippen LogP contribution in [0.3, 0.4) is 0 Å². The lowest BCUT2D eigenvalue weighted by Crippen LogP contribution is -2.24. The van der Waals surface area contributed by atoms with Crippen LogP contribution >= 0.6 is 27.3 Å². The van der Waals surface area contributed by atoms with Gasteiger partial charge in [0.25, 0.3) is 5.56 Å². The van der Waals surface area contributed by atoms with Gasteiger partial charge in [-0.25, -0.2) is 9.78 Å². The molecule has 0 saturated heterocycles. The Labute approximate surface area is 174 Å². The molecular formula is C19H18BrN3O4S. The van der Waals surface area contributed by atoms with Gasteiger partial charge < -0.3 is 9.47 Å². The van der Waals surface area contributed by atoms with E-state index in [0.717, 1.165) is 16.3 Å². The predicted molar refractivity (Wildman–Crippen MR) is 110 cm³/mol. The number of esters is 1. The van der Waals surface area contributed by atoms with Gasteiger partial charge in [0, 0.05) is 5.38 Å². The molecule has 1 aromatic carbocycles. The van der Waals surface area contributed by atoms with E-state index < -0.39 is 5.97 Å². The largest absolute Gasteiger partial charge is 0.470 e. The summed E-state index contributed by atoms with van der Waals surface area (Å²) in [6.45, 7) is 5.69. The Morgan fingerprint density at radius 3 is 2.64 bits per heavy atom. The van der Waals surface area contributed by atoms with Crippen LogP contribution in [-0.2, 0) is 11.3 Å². The zero-order chi connectivity index (χ0) is 20.4. The summed E-state index contributed by atoms with van der Waals surface area (Å²) in [5, 5.41) is 2.84. The summed E-state index contributed by atoms with van der Waals surface area (Å²) in [7, 11) is 1.31. The highest BCUT2D eigenvalue weighted by atomic mass is 79.9. The summed E-state index contributed by atoms with van der Waals surface area (Å²) < 4.78 is 12.1. The Hall–Kier alpha value is -2.52. The van der Waals surface area contributed by atoms with Crippen molar-refractivity contribution in [1.29, 1.82) is 0 Å². The van der Waals surface area contributed by atoms with Crippen LogP contribution in [0.1, 0.15) is 32.4 Å². The smallest absolute Gasteiger partial charge is 0.337 e. The first-order valence-corrected chi connectivity index (χ1v) is 10.0. The number of hydrogen-bond donors (Lipinski definition) is 0. The van der Waals surface area contributed by atoms with Crippen LogP contribution in [0.25, 0.3) is 5.69 Å². The highest BCUT2D eigenvalue weighted by Crippen LogP contribution is 2.23. The molecule has 0 fully saturated rings. The average Bonchev–Trinajstić information content (AvgIpc) is 3.09. The summed E-state index contributed by atoms with van der Waals surface area (Å²) in [4.78, 5) is 33.6. The maximum atomic E-state index is 13.0. The second-order valence-electron chi connectivity index (χ2n) is 6.06. The summed E-state index contributed by atoms with van der Waals surface area (Å²) in [6.07, 6.45) is 0. The maximum absolute atomic E-state index is 13.0. The molecule has 0 aliphatic rings. The summed E-state index contributed by atoms with van der Waals surface area (Å²) in [5.41, 5.74) is 2.17. The number of halogens is 1. The lowest BCUT2D eigenvalue weighted by Gasteiger charge is -2.15. The lowest BCUT2D eigenvalue weighted by atomic mass is 10.1. The molecule has 0 atom stereocenters. The van der Waals surface area contributed by atoms with Crippen molar-refractivity contribution in [3.63, 3.8) is 0 Å². The minimum atomic E-state index is -0.475. The molecule has 0 aliphatic carbocycles. The van der Waals surface area contributed by atoms with Gasteiger partial charge in [-0.2, -0.15) is 4.98 Å². The number of hydrogen-bond acceptors (Lipinski definition) is 7. The summed E-state index contributed by atoms with van der Waals surface area (Å²) in [5.74, 6) is 0.159. The fraction of sp³-hybridized carbons (Fsp3) is 0.263. The van der Waals surface area contributed by atoms with Gasteiger partial charge in [-0.05, 0) is 54.4 Å². The van der Waals surface area contributed by atoms with E-state index in [4.69, 9.17) is 9.47 Å². The Kier molecular flexibility index (Phi) is 5.95. The molecule has 0 amide bonds. The first kappa shape index (κ1) is 20.2. The van der Waals surface area contributed by atoms with Gasteiger partial charge in [0.05, 0.1) is 29.1 Å². The Morgan fingerprint density at radius 2 is 2.00 bits per heavy atom. The molecule has 0 saturated carbocycles. The molecule has 0 spiro atoms. The van der Waals surface area contributed by atoms with Crippen LogP contribution in [0.15, 0.2) is 32.8 Å². The van der Waals surface area contributed by atoms with E-state index in [1.807, 2.05) is 19.2 Å². The van der Waals surface area contributed by atoms with Crippen molar-refractivity contribution in [2.75, 3.05) is 7.11 Å². The fourth-order valence-electron chi connectivity index (χ4n) is 2.67. The highest BCUT2D eigenvalue weighted by Gasteiger charge is 2.18. The Morgan fingerprint density at radius 1 is 1.25 bits per heavy atom. The first-order chi connectivity index (χ1) is 13.3. The summed E-state index contributed by atoms with van der Waals surface area (Å²) in [6, 6.07) is 5.03. The van der Waals surface area contributed by atoms with Crippen molar-refractivity contribution in [3.05, 3.63) is 66.1 Å². The van der Waals surface area contributed by atoms with E-state index in [9.17, 15) is 9.59 Å². The van der Waals surface area contributed by atoms with Gasteiger partial charge in [-0.3, -0.25) is 9.36 Å². The van der Waals surface area contributed by atoms with Crippen LogP contribution in [0.5, 0.6) is 5.88 Å². The van der Waals surface area contributed by atoms with Gasteiger partial charge in [0.1, 0.15) is 16.9 Å². The topological polar surface area (TPSA) is 83.3 Å². The Balaban J connectivity index is 2.01. The number of nitrogens with zero attached hydrogens (tertiary/aromatic N) is 3. The highest BCUT2D eigenvalue weighted by molar-refractivity contribution is 9.10. The van der Waals surface area contributed by atoms with E-state index in [-0.39, 0.29) is 22.5 Å². The van der Waals surface area contributed by atoms with Crippen LogP contribution in [0.4, 0.5) is 0 Å². The molecule has 3 rings (SSSR count). The standard InChI is InChI=1S/C19H18BrN3O4S/c1-10-5-6-13(19(25)26-4)7-15(10)23-11(2)21-17(16(20)18(23)24)27-8-14-9-28-12(3)22-14/h5-7,9H,8H2,1-4H3. The Bertz CT molecular complexity index is 1110. The molecule has 146 valence electrons. The second-order valence-corrected chi connectivity index (χ2v) is 7.91. The van der Waals surface area contributed by atoms with Crippen LogP contribution < -0.4 is 10.3 Å². The number of aromatic nitrogens is 3. The first-order valence-electron chi connectivity index (χ1n) is 8.34. The quantitative estimate of drug-likeness (QED) is 0.535. The monoisotopic (exact) mass is 463 g/mol. The molecule has 7 nitrogen and oxygen atoms in total. The van der Waals surface area contributed by atoms with E-state index in [1.54, 1.807) is 25.1 Å². The molecule has 0 radical (unpaired) electrons. The van der Waals surface area contributed by atoms with Gasteiger partial charge in [0.15, 0.2) is 0 Å². The minimum absolute atomic E-state index is 0.200. The molecular weight excluding hydrogens is 446 g/mol. The maximum Gasteiger partial charge on any atom is 0.337 e. The van der Waals surface area contributed by atoms with E-state index in [1.165, 1.54) is 23.0 Å². The average molecular weight is 464 g/mol. The zero-order valence-electron chi connectivity index (χ0n) is 15.8.